The first-order valence-electron chi connectivity index (χ1n) is 14.1. The minimum atomic E-state index is -2.04. The second kappa shape index (κ2) is 16.5. The van der Waals surface area contributed by atoms with Gasteiger partial charge in [0.15, 0.2) is 8.32 Å². The third-order valence-corrected chi connectivity index (χ3v) is 12.6. The average Bonchev–Trinajstić information content (AvgIpc) is 2.92. The van der Waals surface area contributed by atoms with Gasteiger partial charge in [-0.25, -0.2) is 4.79 Å². The van der Waals surface area contributed by atoms with E-state index in [0.717, 1.165) is 40.4 Å². The summed E-state index contributed by atoms with van der Waals surface area (Å²) in [6.45, 7) is 21.9. The van der Waals surface area contributed by atoms with Gasteiger partial charge in [-0.05, 0) is 75.0 Å². The molecule has 7 nitrogen and oxygen atoms in total. The van der Waals surface area contributed by atoms with Gasteiger partial charge in [0, 0.05) is 30.2 Å². The molecule has 0 heterocycles. The Hall–Kier alpha value is -2.81. The number of benzene rings is 1. The molecule has 0 bridgehead atoms. The zero-order valence-electron chi connectivity index (χ0n) is 26.1. The van der Waals surface area contributed by atoms with Crippen LogP contribution in [0.2, 0.25) is 18.1 Å². The van der Waals surface area contributed by atoms with Crippen LogP contribution in [0.5, 0.6) is 0 Å². The first-order chi connectivity index (χ1) is 18.8. The van der Waals surface area contributed by atoms with Gasteiger partial charge in [-0.2, -0.15) is 0 Å². The van der Waals surface area contributed by atoms with Gasteiger partial charge >= 0.3 is 5.97 Å². The zero-order chi connectivity index (χ0) is 30.6. The van der Waals surface area contributed by atoms with Crippen molar-refractivity contribution in [3.63, 3.8) is 0 Å². The van der Waals surface area contributed by atoms with Crippen molar-refractivity contribution in [3.05, 3.63) is 86.5 Å². The second-order valence-corrected chi connectivity index (χ2v) is 15.2. The van der Waals surface area contributed by atoms with Crippen molar-refractivity contribution in [3.8, 4) is 0 Å². The summed E-state index contributed by atoms with van der Waals surface area (Å²) in [7, 11) is -0.389. The lowest BCUT2D eigenvalue weighted by Crippen LogP contribution is -2.44. The standard InChI is InChI=1S/C32H49NO6Si/c1-12-19-38-32(34)22(5)17-16-18-29(37-11)31(39-40(13-2,14-3)15-4)25(8)20-24(7)30-26(9)23(6)21-28(27(30)10)33(35)36/h12,16-18,20-21,24,29,31H,1,13-15,19H2,2-11H3/b18-16-,22-17+,25-20+/t24-,29-,31-/m0/s1. The number of nitro groups is 1. The molecule has 0 aliphatic carbocycles. The van der Waals surface area contributed by atoms with Crippen molar-refractivity contribution in [1.82, 2.24) is 0 Å². The topological polar surface area (TPSA) is 87.9 Å². The quantitative estimate of drug-likeness (QED) is 0.0378. The summed E-state index contributed by atoms with van der Waals surface area (Å²) >= 11 is 0. The van der Waals surface area contributed by atoms with Gasteiger partial charge in [-0.15, -0.1) is 0 Å². The van der Waals surface area contributed by atoms with Crippen LogP contribution in [-0.2, 0) is 18.7 Å². The third-order valence-electron chi connectivity index (χ3n) is 7.93. The fraction of sp³-hybridized carbons (Fsp3) is 0.531. The Morgan fingerprint density at radius 1 is 1.12 bits per heavy atom. The molecule has 8 heteroatoms. The van der Waals surface area contributed by atoms with E-state index in [0.29, 0.717) is 11.1 Å². The van der Waals surface area contributed by atoms with Crippen LogP contribution in [0.25, 0.3) is 0 Å². The van der Waals surface area contributed by atoms with E-state index in [1.165, 1.54) is 6.08 Å². The fourth-order valence-electron chi connectivity index (χ4n) is 5.12. The molecular formula is C32H49NO6Si. The number of nitro benzene ring substituents is 1. The van der Waals surface area contributed by atoms with Crippen LogP contribution in [0.3, 0.4) is 0 Å². The maximum Gasteiger partial charge on any atom is 0.334 e. The lowest BCUT2D eigenvalue weighted by Gasteiger charge is -2.36. The number of carbonyl (C=O) groups is 1. The molecule has 1 rings (SSSR count). The first-order valence-corrected chi connectivity index (χ1v) is 16.6. The number of hydrogen-bond acceptors (Lipinski definition) is 6. The fourth-order valence-corrected chi connectivity index (χ4v) is 7.97. The highest BCUT2D eigenvalue weighted by Gasteiger charge is 2.35. The molecule has 0 saturated heterocycles. The number of rotatable bonds is 16. The van der Waals surface area contributed by atoms with Gasteiger partial charge in [0.1, 0.15) is 12.7 Å². The summed E-state index contributed by atoms with van der Waals surface area (Å²) in [4.78, 5) is 23.5. The maximum absolute atomic E-state index is 12.1. The van der Waals surface area contributed by atoms with Crippen molar-refractivity contribution < 1.29 is 23.6 Å². The van der Waals surface area contributed by atoms with Crippen molar-refractivity contribution in [2.45, 2.75) is 98.6 Å². The summed E-state index contributed by atoms with van der Waals surface area (Å²) in [5.74, 6) is -0.475. The Kier molecular flexibility index (Phi) is 14.5. The van der Waals surface area contributed by atoms with Gasteiger partial charge < -0.3 is 13.9 Å². The lowest BCUT2D eigenvalue weighted by atomic mass is 9.86. The van der Waals surface area contributed by atoms with E-state index in [1.807, 2.05) is 33.8 Å². The molecule has 3 atom stereocenters. The van der Waals surface area contributed by atoms with Crippen molar-refractivity contribution in [2.24, 2.45) is 0 Å². The van der Waals surface area contributed by atoms with Gasteiger partial charge in [0.25, 0.3) is 5.69 Å². The highest BCUT2D eigenvalue weighted by atomic mass is 28.4. The molecule has 0 aliphatic heterocycles. The number of ether oxygens (including phenoxy) is 2. The summed E-state index contributed by atoms with van der Waals surface area (Å²) in [6.07, 6.45) is 8.35. The number of methoxy groups -OCH3 is 1. The average molecular weight is 572 g/mol. The largest absolute Gasteiger partial charge is 0.458 e. The molecule has 222 valence electrons. The lowest BCUT2D eigenvalue weighted by molar-refractivity contribution is -0.385. The van der Waals surface area contributed by atoms with E-state index < -0.39 is 20.4 Å². The summed E-state index contributed by atoms with van der Waals surface area (Å²) < 4.78 is 18.1. The molecular weight excluding hydrogens is 522 g/mol. The summed E-state index contributed by atoms with van der Waals surface area (Å²) in [5.41, 5.74) is 5.24. The van der Waals surface area contributed by atoms with Crippen LogP contribution >= 0.6 is 0 Å². The van der Waals surface area contributed by atoms with Gasteiger partial charge in [0.05, 0.1) is 11.0 Å². The van der Waals surface area contributed by atoms with E-state index in [9.17, 15) is 14.9 Å². The molecule has 1 aromatic carbocycles. The van der Waals surface area contributed by atoms with E-state index in [4.69, 9.17) is 13.9 Å². The summed E-state index contributed by atoms with van der Waals surface area (Å²) in [5, 5.41) is 11.7. The molecule has 0 fully saturated rings. The Morgan fingerprint density at radius 2 is 1.73 bits per heavy atom. The van der Waals surface area contributed by atoms with Gasteiger partial charge in [0.2, 0.25) is 0 Å². The Bertz CT molecular complexity index is 1120. The minimum Gasteiger partial charge on any atom is -0.458 e. The van der Waals surface area contributed by atoms with Crippen LogP contribution in [-0.4, -0.2) is 45.1 Å². The molecule has 0 aliphatic rings. The maximum atomic E-state index is 12.1. The van der Waals surface area contributed by atoms with Gasteiger partial charge in [-0.1, -0.05) is 64.7 Å². The van der Waals surface area contributed by atoms with Crippen LogP contribution < -0.4 is 0 Å². The highest BCUT2D eigenvalue weighted by molar-refractivity contribution is 6.73. The zero-order valence-corrected chi connectivity index (χ0v) is 27.1. The van der Waals surface area contributed by atoms with Crippen LogP contribution in [0, 0.1) is 30.9 Å². The Labute approximate surface area is 242 Å². The van der Waals surface area contributed by atoms with E-state index in [1.54, 1.807) is 32.3 Å². The number of hydrogen-bond donors (Lipinski definition) is 0. The molecule has 40 heavy (non-hydrogen) atoms. The van der Waals surface area contributed by atoms with Crippen molar-refractivity contribution in [1.29, 1.82) is 0 Å². The number of carbonyl (C=O) groups excluding carboxylic acids is 1. The number of aryl methyl sites for hydroxylation is 1. The molecule has 0 N–H and O–H groups in total. The number of nitrogens with zero attached hydrogens (tertiary/aromatic N) is 1. The van der Waals surface area contributed by atoms with Gasteiger partial charge in [-0.3, -0.25) is 10.1 Å². The molecule has 0 amide bonds. The Balaban J connectivity index is 3.58. The monoisotopic (exact) mass is 571 g/mol. The molecule has 0 aromatic heterocycles. The van der Waals surface area contributed by atoms with Crippen LogP contribution in [0.4, 0.5) is 5.69 Å². The molecule has 0 spiro atoms. The van der Waals surface area contributed by atoms with E-state index >= 15 is 0 Å². The predicted octanol–water partition coefficient (Wildman–Crippen LogP) is 8.21. The molecule has 0 radical (unpaired) electrons. The van der Waals surface area contributed by atoms with E-state index in [-0.39, 0.29) is 29.2 Å². The summed E-state index contributed by atoms with van der Waals surface area (Å²) in [6, 6.07) is 4.60. The molecule has 1 aromatic rings. The minimum absolute atomic E-state index is 0.0751. The Morgan fingerprint density at radius 3 is 2.23 bits per heavy atom. The van der Waals surface area contributed by atoms with E-state index in [2.05, 4.69) is 40.3 Å². The smallest absolute Gasteiger partial charge is 0.334 e. The highest BCUT2D eigenvalue weighted by Crippen LogP contribution is 2.35. The second-order valence-electron chi connectivity index (χ2n) is 10.4. The normalized spacial score (nSPS) is 15.2. The molecule has 0 unspecified atom stereocenters. The predicted molar refractivity (Wildman–Crippen MR) is 166 cm³/mol. The van der Waals surface area contributed by atoms with Crippen molar-refractivity contribution in [2.75, 3.05) is 13.7 Å². The van der Waals surface area contributed by atoms with Crippen molar-refractivity contribution >= 4 is 20.0 Å². The van der Waals surface area contributed by atoms with Crippen LogP contribution in [0.1, 0.15) is 69.7 Å². The van der Waals surface area contributed by atoms with Crippen LogP contribution in [0.15, 0.2) is 54.2 Å². The number of allylic oxidation sites excluding steroid dienone is 3. The SMILES string of the molecule is C=CCOC(=O)/C(C)=C/C=C\[C@H](OC)[C@@H](O[Si](CC)(CC)CC)/C(C)=C/[C@H](C)c1c(C)c(C)cc([N+](=O)[O-])c1C. The molecule has 0 saturated carbocycles. The number of esters is 1. The third kappa shape index (κ3) is 9.11. The first kappa shape index (κ1) is 35.2.